The van der Waals surface area contributed by atoms with Crippen LogP contribution in [-0.4, -0.2) is 25.2 Å². The number of hydrogen-bond acceptors (Lipinski definition) is 5. The van der Waals surface area contributed by atoms with Crippen LogP contribution in [0.1, 0.15) is 26.5 Å². The Labute approximate surface area is 174 Å². The van der Waals surface area contributed by atoms with Gasteiger partial charge in [0.15, 0.2) is 0 Å². The molecule has 0 radical (unpaired) electrons. The number of nitrogens with one attached hydrogen (secondary N) is 1. The summed E-state index contributed by atoms with van der Waals surface area (Å²) in [5, 5.41) is 4.32. The number of rotatable bonds is 5. The van der Waals surface area contributed by atoms with Gasteiger partial charge in [0.05, 0.1) is 23.9 Å². The molecular formula is C20H14BrClN2O4. The van der Waals surface area contributed by atoms with Gasteiger partial charge >= 0.3 is 5.97 Å². The number of hydrazone groups is 1. The second kappa shape index (κ2) is 8.86. The summed E-state index contributed by atoms with van der Waals surface area (Å²) in [6, 6.07) is 15.1. The zero-order valence-corrected chi connectivity index (χ0v) is 17.0. The maximum atomic E-state index is 12.1. The molecule has 1 aromatic heterocycles. The summed E-state index contributed by atoms with van der Waals surface area (Å²) in [5.74, 6) is 0.0410. The molecule has 142 valence electrons. The number of halogens is 2. The van der Waals surface area contributed by atoms with E-state index in [0.717, 1.165) is 4.47 Å². The molecular weight excluding hydrogens is 448 g/mol. The largest absolute Gasteiger partial charge is 0.465 e. The number of carbonyl (C=O) groups excluding carboxylic acids is 2. The summed E-state index contributed by atoms with van der Waals surface area (Å²) in [6.45, 7) is 0. The third-order valence-corrected chi connectivity index (χ3v) is 4.55. The minimum atomic E-state index is -0.471. The summed E-state index contributed by atoms with van der Waals surface area (Å²) < 4.78 is 11.2. The minimum Gasteiger partial charge on any atom is -0.465 e. The molecule has 6 nitrogen and oxygen atoms in total. The van der Waals surface area contributed by atoms with E-state index in [1.54, 1.807) is 48.5 Å². The third kappa shape index (κ3) is 4.68. The fourth-order valence-electron chi connectivity index (χ4n) is 2.37. The molecule has 1 N–H and O–H groups in total. The van der Waals surface area contributed by atoms with Crippen molar-refractivity contribution in [2.75, 3.05) is 7.11 Å². The number of esters is 1. The molecule has 0 spiro atoms. The maximum absolute atomic E-state index is 12.1. The lowest BCUT2D eigenvalue weighted by Gasteiger charge is -2.04. The average Bonchev–Trinajstić information content (AvgIpc) is 3.16. The topological polar surface area (TPSA) is 80.9 Å². The number of carbonyl (C=O) groups is 2. The SMILES string of the molecule is COC(=O)c1ccc(Cl)c(-c2ccc(/C=N/NC(=O)c3cccc(Br)c3)o2)c1. The number of nitrogens with zero attached hydrogens (tertiary/aromatic N) is 1. The molecule has 0 saturated carbocycles. The maximum Gasteiger partial charge on any atom is 0.337 e. The van der Waals surface area contributed by atoms with E-state index in [1.165, 1.54) is 13.3 Å². The first kappa shape index (κ1) is 19.9. The summed E-state index contributed by atoms with van der Waals surface area (Å²) in [6.07, 6.45) is 1.37. The molecule has 0 aliphatic carbocycles. The predicted octanol–water partition coefficient (Wildman–Crippen LogP) is 4.91. The Morgan fingerprint density at radius 1 is 1.14 bits per heavy atom. The highest BCUT2D eigenvalue weighted by atomic mass is 79.9. The zero-order valence-electron chi connectivity index (χ0n) is 14.6. The first-order chi connectivity index (χ1) is 13.5. The van der Waals surface area contributed by atoms with E-state index >= 15 is 0 Å². The van der Waals surface area contributed by atoms with Gasteiger partial charge in [0.25, 0.3) is 5.91 Å². The third-order valence-electron chi connectivity index (χ3n) is 3.72. The quantitative estimate of drug-likeness (QED) is 0.332. The molecule has 3 aromatic rings. The molecule has 1 heterocycles. The van der Waals surface area contributed by atoms with Crippen LogP contribution in [0.3, 0.4) is 0 Å². The van der Waals surface area contributed by atoms with E-state index in [-0.39, 0.29) is 5.91 Å². The fraction of sp³-hybridized carbons (Fsp3) is 0.0500. The lowest BCUT2D eigenvalue weighted by Crippen LogP contribution is -2.17. The lowest BCUT2D eigenvalue weighted by atomic mass is 10.1. The lowest BCUT2D eigenvalue weighted by molar-refractivity contribution is 0.0600. The van der Waals surface area contributed by atoms with Gasteiger partial charge in [-0.3, -0.25) is 4.79 Å². The normalized spacial score (nSPS) is 10.8. The number of amides is 1. The molecule has 3 rings (SSSR count). The van der Waals surface area contributed by atoms with E-state index in [1.807, 2.05) is 6.07 Å². The monoisotopic (exact) mass is 460 g/mol. The van der Waals surface area contributed by atoms with Gasteiger partial charge in [-0.1, -0.05) is 33.6 Å². The second-order valence-electron chi connectivity index (χ2n) is 5.60. The van der Waals surface area contributed by atoms with Crippen LogP contribution in [0.15, 0.2) is 68.6 Å². The van der Waals surface area contributed by atoms with Gasteiger partial charge in [0.2, 0.25) is 0 Å². The van der Waals surface area contributed by atoms with Crippen LogP contribution in [0.5, 0.6) is 0 Å². The van der Waals surface area contributed by atoms with Gasteiger partial charge < -0.3 is 9.15 Å². The number of methoxy groups -OCH3 is 1. The van der Waals surface area contributed by atoms with Crippen LogP contribution in [0.25, 0.3) is 11.3 Å². The summed E-state index contributed by atoms with van der Waals surface area (Å²) in [5.41, 5.74) is 3.80. The highest BCUT2D eigenvalue weighted by Crippen LogP contribution is 2.30. The summed E-state index contributed by atoms with van der Waals surface area (Å²) in [7, 11) is 1.31. The van der Waals surface area contributed by atoms with Crippen molar-refractivity contribution in [1.82, 2.24) is 5.43 Å². The van der Waals surface area contributed by atoms with Gasteiger partial charge in [-0.2, -0.15) is 5.10 Å². The van der Waals surface area contributed by atoms with Crippen molar-refractivity contribution in [1.29, 1.82) is 0 Å². The van der Waals surface area contributed by atoms with Gasteiger partial charge in [-0.15, -0.1) is 0 Å². The Morgan fingerprint density at radius 3 is 2.71 bits per heavy atom. The zero-order chi connectivity index (χ0) is 20.1. The smallest absolute Gasteiger partial charge is 0.337 e. The summed E-state index contributed by atoms with van der Waals surface area (Å²) >= 11 is 9.52. The van der Waals surface area contributed by atoms with Gasteiger partial charge in [0.1, 0.15) is 11.5 Å². The average molecular weight is 462 g/mol. The number of ether oxygens (including phenoxy) is 1. The van der Waals surface area contributed by atoms with Crippen molar-refractivity contribution in [2.24, 2.45) is 5.10 Å². The Morgan fingerprint density at radius 2 is 1.96 bits per heavy atom. The molecule has 0 saturated heterocycles. The van der Waals surface area contributed by atoms with Crippen molar-refractivity contribution < 1.29 is 18.7 Å². The van der Waals surface area contributed by atoms with E-state index in [2.05, 4.69) is 26.5 Å². The standard InChI is InChI=1S/C20H14BrClN2O4/c1-27-20(26)13-5-7-17(22)16(10-13)18-8-6-15(28-18)11-23-24-19(25)12-3-2-4-14(21)9-12/h2-11H,1H3,(H,24,25)/b23-11+. The van der Waals surface area contributed by atoms with Crippen LogP contribution in [-0.2, 0) is 4.74 Å². The Kier molecular flexibility index (Phi) is 6.28. The Bertz CT molecular complexity index is 1060. The molecule has 0 aliphatic rings. The van der Waals surface area contributed by atoms with Crippen molar-refractivity contribution in [3.05, 3.63) is 81.0 Å². The van der Waals surface area contributed by atoms with Crippen LogP contribution < -0.4 is 5.43 Å². The van der Waals surface area contributed by atoms with E-state index in [0.29, 0.717) is 33.2 Å². The molecule has 2 aromatic carbocycles. The predicted molar refractivity (Wildman–Crippen MR) is 110 cm³/mol. The fourth-order valence-corrected chi connectivity index (χ4v) is 2.98. The highest BCUT2D eigenvalue weighted by molar-refractivity contribution is 9.10. The van der Waals surface area contributed by atoms with E-state index in [9.17, 15) is 9.59 Å². The van der Waals surface area contributed by atoms with Crippen molar-refractivity contribution in [3.63, 3.8) is 0 Å². The number of hydrogen-bond donors (Lipinski definition) is 1. The van der Waals surface area contributed by atoms with Gasteiger partial charge in [-0.05, 0) is 48.5 Å². The van der Waals surface area contributed by atoms with Gasteiger partial charge in [-0.25, -0.2) is 10.2 Å². The molecule has 0 bridgehead atoms. The Hall–Kier alpha value is -2.90. The molecule has 1 amide bonds. The molecule has 28 heavy (non-hydrogen) atoms. The first-order valence-electron chi connectivity index (χ1n) is 8.05. The van der Waals surface area contributed by atoms with Crippen molar-refractivity contribution in [3.8, 4) is 11.3 Å². The van der Waals surface area contributed by atoms with Crippen molar-refractivity contribution in [2.45, 2.75) is 0 Å². The number of benzene rings is 2. The van der Waals surface area contributed by atoms with Crippen LogP contribution >= 0.6 is 27.5 Å². The molecule has 0 aliphatic heterocycles. The summed E-state index contributed by atoms with van der Waals surface area (Å²) in [4.78, 5) is 23.7. The minimum absolute atomic E-state index is 0.349. The molecule has 0 atom stereocenters. The molecule has 8 heteroatoms. The van der Waals surface area contributed by atoms with Gasteiger partial charge in [0, 0.05) is 15.6 Å². The van der Waals surface area contributed by atoms with Crippen LogP contribution in [0.4, 0.5) is 0 Å². The van der Waals surface area contributed by atoms with Crippen LogP contribution in [0, 0.1) is 0 Å². The van der Waals surface area contributed by atoms with E-state index in [4.69, 9.17) is 20.8 Å². The van der Waals surface area contributed by atoms with E-state index < -0.39 is 5.97 Å². The van der Waals surface area contributed by atoms with Crippen LogP contribution in [0.2, 0.25) is 5.02 Å². The number of furan rings is 1. The molecule has 0 fully saturated rings. The highest BCUT2D eigenvalue weighted by Gasteiger charge is 2.13. The first-order valence-corrected chi connectivity index (χ1v) is 9.22. The Balaban J connectivity index is 1.73. The van der Waals surface area contributed by atoms with Crippen molar-refractivity contribution >= 4 is 45.6 Å². The molecule has 0 unspecified atom stereocenters. The second-order valence-corrected chi connectivity index (χ2v) is 6.92.